The third-order valence-electron chi connectivity index (χ3n) is 4.60. The zero-order valence-electron chi connectivity index (χ0n) is 15.0. The van der Waals surface area contributed by atoms with Crippen molar-refractivity contribution >= 4 is 17.3 Å². The van der Waals surface area contributed by atoms with Crippen molar-refractivity contribution in [2.45, 2.75) is 26.8 Å². The molecule has 1 aromatic carbocycles. The monoisotopic (exact) mass is 338 g/mol. The standard InChI is InChI=1S/C20H26N4O/c1-16-14-21-9-8-20(16)24-11-3-10-23(12-13-24)15-18-4-6-19(7-5-18)22-17(2)25/h4-9,14H,3,10-13,15H2,1-2H3,(H,22,25). The van der Waals surface area contributed by atoms with E-state index in [-0.39, 0.29) is 5.91 Å². The zero-order chi connectivity index (χ0) is 17.6. The van der Waals surface area contributed by atoms with Crippen molar-refractivity contribution in [1.29, 1.82) is 0 Å². The van der Waals surface area contributed by atoms with Crippen molar-refractivity contribution in [3.05, 3.63) is 53.9 Å². The molecule has 0 atom stereocenters. The first-order valence-corrected chi connectivity index (χ1v) is 8.86. The number of hydrogen-bond acceptors (Lipinski definition) is 4. The lowest BCUT2D eigenvalue weighted by atomic mass is 10.2. The first-order valence-electron chi connectivity index (χ1n) is 8.86. The average Bonchev–Trinajstić information content (AvgIpc) is 2.82. The van der Waals surface area contributed by atoms with Gasteiger partial charge in [0, 0.05) is 63.4 Å². The van der Waals surface area contributed by atoms with E-state index in [2.05, 4.69) is 45.2 Å². The minimum absolute atomic E-state index is 0.0354. The van der Waals surface area contributed by atoms with Gasteiger partial charge in [-0.05, 0) is 42.7 Å². The van der Waals surface area contributed by atoms with E-state index in [1.54, 1.807) is 0 Å². The highest BCUT2D eigenvalue weighted by atomic mass is 16.1. The van der Waals surface area contributed by atoms with Crippen LogP contribution in [0, 0.1) is 6.92 Å². The maximum Gasteiger partial charge on any atom is 0.221 e. The predicted octanol–water partition coefficient (Wildman–Crippen LogP) is 3.06. The molecule has 2 heterocycles. The molecule has 3 rings (SSSR count). The molecule has 1 aliphatic rings. The van der Waals surface area contributed by atoms with Crippen LogP contribution < -0.4 is 10.2 Å². The molecule has 5 nitrogen and oxygen atoms in total. The van der Waals surface area contributed by atoms with Crippen LogP contribution >= 0.6 is 0 Å². The van der Waals surface area contributed by atoms with Crippen LogP contribution in [0.5, 0.6) is 0 Å². The van der Waals surface area contributed by atoms with Crippen LogP contribution in [0.25, 0.3) is 0 Å². The molecule has 1 aliphatic heterocycles. The molecular weight excluding hydrogens is 312 g/mol. The van der Waals surface area contributed by atoms with E-state index >= 15 is 0 Å². The Labute approximate surface area is 149 Å². The van der Waals surface area contributed by atoms with E-state index in [9.17, 15) is 4.79 Å². The van der Waals surface area contributed by atoms with Gasteiger partial charge >= 0.3 is 0 Å². The maximum atomic E-state index is 11.1. The number of pyridine rings is 1. The molecule has 25 heavy (non-hydrogen) atoms. The number of carbonyl (C=O) groups is 1. The first kappa shape index (κ1) is 17.4. The minimum atomic E-state index is -0.0354. The fraction of sp³-hybridized carbons (Fsp3) is 0.400. The summed E-state index contributed by atoms with van der Waals surface area (Å²) in [7, 11) is 0. The Morgan fingerprint density at radius 3 is 2.64 bits per heavy atom. The molecule has 2 aromatic rings. The lowest BCUT2D eigenvalue weighted by Gasteiger charge is -2.25. The summed E-state index contributed by atoms with van der Waals surface area (Å²) in [4.78, 5) is 20.3. The zero-order valence-corrected chi connectivity index (χ0v) is 15.0. The number of benzene rings is 1. The molecule has 0 radical (unpaired) electrons. The number of nitrogens with zero attached hydrogens (tertiary/aromatic N) is 3. The van der Waals surface area contributed by atoms with E-state index in [1.165, 1.54) is 23.7 Å². The van der Waals surface area contributed by atoms with Gasteiger partial charge in [0.05, 0.1) is 0 Å². The molecular formula is C20H26N4O. The van der Waals surface area contributed by atoms with E-state index in [1.807, 2.05) is 24.5 Å². The number of hydrogen-bond donors (Lipinski definition) is 1. The van der Waals surface area contributed by atoms with Crippen molar-refractivity contribution in [3.63, 3.8) is 0 Å². The molecule has 1 amide bonds. The Morgan fingerprint density at radius 2 is 1.92 bits per heavy atom. The molecule has 0 spiro atoms. The largest absolute Gasteiger partial charge is 0.370 e. The van der Waals surface area contributed by atoms with Gasteiger partial charge in [-0.2, -0.15) is 0 Å². The molecule has 132 valence electrons. The number of nitrogens with one attached hydrogen (secondary N) is 1. The number of amides is 1. The van der Waals surface area contributed by atoms with Crippen LogP contribution in [0.15, 0.2) is 42.7 Å². The summed E-state index contributed by atoms with van der Waals surface area (Å²) in [6.45, 7) is 8.88. The predicted molar refractivity (Wildman–Crippen MR) is 102 cm³/mol. The summed E-state index contributed by atoms with van der Waals surface area (Å²) in [5.41, 5.74) is 4.68. The molecule has 0 bridgehead atoms. The quantitative estimate of drug-likeness (QED) is 0.931. The topological polar surface area (TPSA) is 48.5 Å². The number of carbonyl (C=O) groups excluding carboxylic acids is 1. The SMILES string of the molecule is CC(=O)Nc1ccc(CN2CCCN(c3ccncc3C)CC2)cc1. The second-order valence-electron chi connectivity index (χ2n) is 6.66. The van der Waals surface area contributed by atoms with Crippen LogP contribution in [0.3, 0.4) is 0 Å². The Kier molecular flexibility index (Phi) is 5.66. The fourth-order valence-corrected chi connectivity index (χ4v) is 3.35. The number of anilines is 2. The summed E-state index contributed by atoms with van der Waals surface area (Å²) < 4.78 is 0. The van der Waals surface area contributed by atoms with Gasteiger partial charge in [-0.15, -0.1) is 0 Å². The molecule has 1 fully saturated rings. The molecule has 5 heteroatoms. The minimum Gasteiger partial charge on any atom is -0.370 e. The lowest BCUT2D eigenvalue weighted by Crippen LogP contribution is -2.30. The van der Waals surface area contributed by atoms with Gasteiger partial charge in [0.15, 0.2) is 0 Å². The van der Waals surface area contributed by atoms with Crippen molar-refractivity contribution < 1.29 is 4.79 Å². The van der Waals surface area contributed by atoms with Gasteiger partial charge in [-0.3, -0.25) is 14.7 Å². The van der Waals surface area contributed by atoms with Crippen molar-refractivity contribution in [2.24, 2.45) is 0 Å². The highest BCUT2D eigenvalue weighted by molar-refractivity contribution is 5.88. The van der Waals surface area contributed by atoms with E-state index < -0.39 is 0 Å². The third-order valence-corrected chi connectivity index (χ3v) is 4.60. The Balaban J connectivity index is 1.58. The maximum absolute atomic E-state index is 11.1. The highest BCUT2D eigenvalue weighted by Crippen LogP contribution is 2.20. The molecule has 0 aliphatic carbocycles. The summed E-state index contributed by atoms with van der Waals surface area (Å²) >= 11 is 0. The Morgan fingerprint density at radius 1 is 1.12 bits per heavy atom. The van der Waals surface area contributed by atoms with Crippen LogP contribution in [-0.4, -0.2) is 42.0 Å². The van der Waals surface area contributed by atoms with E-state index in [4.69, 9.17) is 0 Å². The van der Waals surface area contributed by atoms with Gasteiger partial charge in [0.1, 0.15) is 0 Å². The fourth-order valence-electron chi connectivity index (χ4n) is 3.35. The molecule has 0 saturated carbocycles. The second kappa shape index (κ2) is 8.12. The van der Waals surface area contributed by atoms with Gasteiger partial charge in [-0.25, -0.2) is 0 Å². The Hall–Kier alpha value is -2.40. The summed E-state index contributed by atoms with van der Waals surface area (Å²) in [6, 6.07) is 10.3. The number of rotatable bonds is 4. The van der Waals surface area contributed by atoms with Crippen LogP contribution in [0.2, 0.25) is 0 Å². The van der Waals surface area contributed by atoms with Crippen molar-refractivity contribution in [3.8, 4) is 0 Å². The molecule has 1 aromatic heterocycles. The Bertz CT molecular complexity index is 714. The smallest absolute Gasteiger partial charge is 0.221 e. The van der Waals surface area contributed by atoms with Crippen LogP contribution in [0.4, 0.5) is 11.4 Å². The summed E-state index contributed by atoms with van der Waals surface area (Å²) in [5, 5.41) is 2.81. The van der Waals surface area contributed by atoms with E-state index in [0.29, 0.717) is 0 Å². The third kappa shape index (κ3) is 4.79. The van der Waals surface area contributed by atoms with Crippen molar-refractivity contribution in [2.75, 3.05) is 36.4 Å². The number of aryl methyl sites for hydroxylation is 1. The molecule has 0 unspecified atom stereocenters. The molecule has 1 N–H and O–H groups in total. The normalized spacial score (nSPS) is 15.7. The van der Waals surface area contributed by atoms with Gasteiger partial charge < -0.3 is 10.2 Å². The lowest BCUT2D eigenvalue weighted by molar-refractivity contribution is -0.114. The van der Waals surface area contributed by atoms with E-state index in [0.717, 1.165) is 44.8 Å². The summed E-state index contributed by atoms with van der Waals surface area (Å²) in [5.74, 6) is -0.0354. The van der Waals surface area contributed by atoms with Crippen molar-refractivity contribution in [1.82, 2.24) is 9.88 Å². The summed E-state index contributed by atoms with van der Waals surface area (Å²) in [6.07, 6.45) is 4.97. The van der Waals surface area contributed by atoms with Crippen LogP contribution in [-0.2, 0) is 11.3 Å². The number of aromatic nitrogens is 1. The highest BCUT2D eigenvalue weighted by Gasteiger charge is 2.16. The van der Waals surface area contributed by atoms with Gasteiger partial charge in [0.25, 0.3) is 0 Å². The van der Waals surface area contributed by atoms with Crippen LogP contribution in [0.1, 0.15) is 24.5 Å². The van der Waals surface area contributed by atoms with Gasteiger partial charge in [0.2, 0.25) is 5.91 Å². The molecule has 1 saturated heterocycles. The first-order chi connectivity index (χ1) is 12.1. The van der Waals surface area contributed by atoms with Gasteiger partial charge in [-0.1, -0.05) is 12.1 Å². The second-order valence-corrected chi connectivity index (χ2v) is 6.66. The average molecular weight is 338 g/mol.